The number of nitrogens with one attached hydrogen (secondary N) is 1. The second kappa shape index (κ2) is 13.7. The molecule has 0 aliphatic carbocycles. The van der Waals surface area contributed by atoms with E-state index in [0.717, 1.165) is 36.7 Å². The van der Waals surface area contributed by atoms with Gasteiger partial charge in [0.05, 0.1) is 18.7 Å². The number of thiazole rings is 1. The smallest absolute Gasteiger partial charge is 0.254 e. The predicted octanol–water partition coefficient (Wildman–Crippen LogP) is 2.63. The van der Waals surface area contributed by atoms with Crippen LogP contribution in [0.2, 0.25) is 0 Å². The molecule has 2 aromatic carbocycles. The van der Waals surface area contributed by atoms with Gasteiger partial charge in [0.15, 0.2) is 16.6 Å². The van der Waals surface area contributed by atoms with Crippen molar-refractivity contribution in [1.82, 2.24) is 19.7 Å². The van der Waals surface area contributed by atoms with Crippen molar-refractivity contribution in [3.8, 4) is 11.5 Å². The Bertz CT molecular complexity index is 1410. The van der Waals surface area contributed by atoms with E-state index in [-0.39, 0.29) is 44.4 Å². The molecule has 222 valence electrons. The fraction of sp³-hybridized carbons (Fsp3) is 0.379. The first-order valence-corrected chi connectivity index (χ1v) is 14.4. The number of anilines is 1. The number of hydrogen-bond acceptors (Lipinski definition) is 9. The van der Waals surface area contributed by atoms with Crippen molar-refractivity contribution >= 4 is 34.2 Å². The molecule has 1 aromatic heterocycles. The lowest BCUT2D eigenvalue weighted by Crippen LogP contribution is -2.48. The Kier molecular flexibility index (Phi) is 9.62. The fourth-order valence-electron chi connectivity index (χ4n) is 4.73. The van der Waals surface area contributed by atoms with Crippen LogP contribution in [-0.4, -0.2) is 97.2 Å². The summed E-state index contributed by atoms with van der Waals surface area (Å²) in [5.41, 5.74) is 1.98. The van der Waals surface area contributed by atoms with Crippen molar-refractivity contribution in [2.75, 3.05) is 65.1 Å². The third-order valence-electron chi connectivity index (χ3n) is 6.98. The van der Waals surface area contributed by atoms with Crippen LogP contribution in [0.3, 0.4) is 0 Å². The quantitative estimate of drug-likeness (QED) is 0.359. The summed E-state index contributed by atoms with van der Waals surface area (Å²) >= 11 is 1.22. The second-order valence-corrected chi connectivity index (χ2v) is 10.8. The van der Waals surface area contributed by atoms with Gasteiger partial charge in [-0.15, -0.1) is 11.3 Å². The van der Waals surface area contributed by atoms with Gasteiger partial charge in [-0.2, -0.15) is 0 Å². The van der Waals surface area contributed by atoms with Gasteiger partial charge in [-0.3, -0.25) is 19.3 Å². The van der Waals surface area contributed by atoms with Crippen molar-refractivity contribution in [3.05, 3.63) is 70.5 Å². The number of halogens is 1. The van der Waals surface area contributed by atoms with Crippen molar-refractivity contribution < 1.29 is 33.0 Å². The summed E-state index contributed by atoms with van der Waals surface area (Å²) in [7, 11) is 1.50. The molecule has 1 fully saturated rings. The van der Waals surface area contributed by atoms with Gasteiger partial charge in [-0.25, -0.2) is 9.37 Å². The number of carbonyl (C=O) groups is 3. The number of amides is 3. The largest absolute Gasteiger partial charge is 0.454 e. The van der Waals surface area contributed by atoms with Crippen LogP contribution >= 0.6 is 11.3 Å². The van der Waals surface area contributed by atoms with Gasteiger partial charge in [0.25, 0.3) is 5.91 Å². The lowest BCUT2D eigenvalue weighted by atomic mass is 10.1. The SMILES string of the molecule is COCCN(CC(=O)Nc1nc(CC(=O)N2CCN(Cc3ccc4c(c3)OCO4)CC2)cs1)C(=O)c1ccc(F)cc1. The van der Waals surface area contributed by atoms with E-state index in [0.29, 0.717) is 23.9 Å². The van der Waals surface area contributed by atoms with Crippen LogP contribution in [0.5, 0.6) is 11.5 Å². The van der Waals surface area contributed by atoms with Gasteiger partial charge in [0, 0.05) is 57.3 Å². The van der Waals surface area contributed by atoms with Crippen LogP contribution in [-0.2, 0) is 27.3 Å². The highest BCUT2D eigenvalue weighted by Gasteiger charge is 2.24. The van der Waals surface area contributed by atoms with E-state index in [4.69, 9.17) is 14.2 Å². The predicted molar refractivity (Wildman–Crippen MR) is 153 cm³/mol. The van der Waals surface area contributed by atoms with E-state index in [1.54, 1.807) is 5.38 Å². The second-order valence-electron chi connectivity index (χ2n) is 9.94. The van der Waals surface area contributed by atoms with Crippen molar-refractivity contribution in [1.29, 1.82) is 0 Å². The van der Waals surface area contributed by atoms with Crippen LogP contribution in [0.1, 0.15) is 21.6 Å². The van der Waals surface area contributed by atoms with Gasteiger partial charge in [-0.1, -0.05) is 6.07 Å². The lowest BCUT2D eigenvalue weighted by Gasteiger charge is -2.34. The molecule has 0 spiro atoms. The molecular formula is C29H32FN5O6S. The van der Waals surface area contributed by atoms with E-state index in [2.05, 4.69) is 15.2 Å². The number of fused-ring (bicyclic) bond motifs is 1. The summed E-state index contributed by atoms with van der Waals surface area (Å²) < 4.78 is 29.2. The monoisotopic (exact) mass is 597 g/mol. The van der Waals surface area contributed by atoms with Gasteiger partial charge < -0.3 is 29.3 Å². The number of hydrogen-bond donors (Lipinski definition) is 1. The first kappa shape index (κ1) is 29.4. The Morgan fingerprint density at radius 1 is 1.07 bits per heavy atom. The Morgan fingerprint density at radius 3 is 2.60 bits per heavy atom. The molecule has 42 heavy (non-hydrogen) atoms. The maximum atomic E-state index is 13.3. The van der Waals surface area contributed by atoms with Gasteiger partial charge >= 0.3 is 0 Å². The summed E-state index contributed by atoms with van der Waals surface area (Å²) in [5.74, 6) is 0.208. The van der Waals surface area contributed by atoms with Crippen molar-refractivity contribution in [2.24, 2.45) is 0 Å². The fourth-order valence-corrected chi connectivity index (χ4v) is 5.45. The molecule has 0 atom stereocenters. The minimum absolute atomic E-state index is 0.0171. The van der Waals surface area contributed by atoms with E-state index in [1.165, 1.54) is 47.6 Å². The van der Waals surface area contributed by atoms with E-state index < -0.39 is 17.6 Å². The third kappa shape index (κ3) is 7.60. The summed E-state index contributed by atoms with van der Waals surface area (Å²) in [6.45, 7) is 3.96. The maximum Gasteiger partial charge on any atom is 0.254 e. The molecule has 3 heterocycles. The van der Waals surface area contributed by atoms with Gasteiger partial charge in [0.2, 0.25) is 18.6 Å². The van der Waals surface area contributed by atoms with Gasteiger partial charge in [0.1, 0.15) is 12.4 Å². The molecule has 1 N–H and O–H groups in total. The van der Waals surface area contributed by atoms with Crippen molar-refractivity contribution in [2.45, 2.75) is 13.0 Å². The molecule has 3 amide bonds. The lowest BCUT2D eigenvalue weighted by molar-refractivity contribution is -0.132. The molecule has 1 saturated heterocycles. The van der Waals surface area contributed by atoms with Gasteiger partial charge in [-0.05, 0) is 42.0 Å². The zero-order valence-electron chi connectivity index (χ0n) is 23.2. The molecular weight excluding hydrogens is 565 g/mol. The number of nitrogens with zero attached hydrogens (tertiary/aromatic N) is 4. The number of aromatic nitrogens is 1. The Labute approximate surface area is 246 Å². The number of piperazine rings is 1. The Balaban J connectivity index is 1.08. The topological polar surface area (TPSA) is 114 Å². The van der Waals surface area contributed by atoms with Crippen LogP contribution in [0, 0.1) is 5.82 Å². The highest BCUT2D eigenvalue weighted by molar-refractivity contribution is 7.13. The standard InChI is InChI=1S/C29H32FN5O6S/c1-39-13-12-35(28(38)21-3-5-22(30)6-4-21)17-26(36)32-29-31-23(18-42-29)15-27(37)34-10-8-33(9-11-34)16-20-2-7-24-25(14-20)41-19-40-24/h2-7,14,18H,8-13,15-17,19H2,1H3,(H,31,32,36). The zero-order chi connectivity index (χ0) is 29.5. The number of ether oxygens (including phenoxy) is 3. The van der Waals surface area contributed by atoms with Crippen LogP contribution in [0.25, 0.3) is 0 Å². The molecule has 0 saturated carbocycles. The number of carbonyl (C=O) groups excluding carboxylic acids is 3. The summed E-state index contributed by atoms with van der Waals surface area (Å²) in [6.07, 6.45) is 0.136. The average Bonchev–Trinajstić information content (AvgIpc) is 3.64. The van der Waals surface area contributed by atoms with Crippen LogP contribution < -0.4 is 14.8 Å². The molecule has 0 unspecified atom stereocenters. The third-order valence-corrected chi connectivity index (χ3v) is 7.78. The molecule has 11 nitrogen and oxygen atoms in total. The molecule has 3 aromatic rings. The van der Waals surface area contributed by atoms with E-state index in [1.807, 2.05) is 23.1 Å². The first-order valence-electron chi connectivity index (χ1n) is 13.5. The summed E-state index contributed by atoms with van der Waals surface area (Å²) in [6, 6.07) is 11.1. The summed E-state index contributed by atoms with van der Waals surface area (Å²) in [4.78, 5) is 48.4. The highest BCUT2D eigenvalue weighted by atomic mass is 32.1. The maximum absolute atomic E-state index is 13.3. The van der Waals surface area contributed by atoms with Crippen LogP contribution in [0.4, 0.5) is 9.52 Å². The van der Waals surface area contributed by atoms with E-state index >= 15 is 0 Å². The minimum Gasteiger partial charge on any atom is -0.454 e. The molecule has 2 aliphatic rings. The highest BCUT2D eigenvalue weighted by Crippen LogP contribution is 2.33. The first-order chi connectivity index (χ1) is 20.4. The molecule has 13 heteroatoms. The van der Waals surface area contributed by atoms with Crippen LogP contribution in [0.15, 0.2) is 47.8 Å². The number of methoxy groups -OCH3 is 1. The number of rotatable bonds is 11. The van der Waals surface area contributed by atoms with Crippen molar-refractivity contribution in [3.63, 3.8) is 0 Å². The van der Waals surface area contributed by atoms with E-state index in [9.17, 15) is 18.8 Å². The Hall–Kier alpha value is -4.07. The molecule has 2 aliphatic heterocycles. The zero-order valence-corrected chi connectivity index (χ0v) is 24.0. The summed E-state index contributed by atoms with van der Waals surface area (Å²) in [5, 5.41) is 4.80. The molecule has 0 bridgehead atoms. The minimum atomic E-state index is -0.453. The normalized spacial score (nSPS) is 14.6. The Morgan fingerprint density at radius 2 is 1.83 bits per heavy atom. The number of benzene rings is 2. The molecule has 5 rings (SSSR count). The molecule has 0 radical (unpaired) electrons. The average molecular weight is 598 g/mol.